The van der Waals surface area contributed by atoms with Gasteiger partial charge in [-0.25, -0.2) is 31.9 Å². The van der Waals surface area contributed by atoms with Crippen LogP contribution in [0.15, 0.2) is 84.0 Å². The third-order valence-electron chi connectivity index (χ3n) is 7.79. The first-order chi connectivity index (χ1) is 19.7. The number of aryl methyl sites for hydroxylation is 2. The molecule has 1 heterocycles. The lowest BCUT2D eigenvalue weighted by atomic mass is 10.1. The molecule has 1 fully saturated rings. The van der Waals surface area contributed by atoms with Crippen molar-refractivity contribution in [1.29, 1.82) is 0 Å². The van der Waals surface area contributed by atoms with E-state index in [9.17, 15) is 22.0 Å². The van der Waals surface area contributed by atoms with E-state index in [1.165, 1.54) is 24.3 Å². The Morgan fingerprint density at radius 3 is 2.32 bits per heavy atom. The number of carbonyl (C=O) groups is 1. The van der Waals surface area contributed by atoms with Gasteiger partial charge < -0.3 is 4.90 Å². The van der Waals surface area contributed by atoms with Gasteiger partial charge >= 0.3 is 0 Å². The highest BCUT2D eigenvalue weighted by atomic mass is 32.2. The Bertz CT molecular complexity index is 1700. The molecule has 2 aliphatic rings. The molecule has 3 aromatic carbocycles. The van der Waals surface area contributed by atoms with Crippen molar-refractivity contribution in [3.05, 3.63) is 119 Å². The highest BCUT2D eigenvalue weighted by Crippen LogP contribution is 2.49. The molecule has 1 N–H and O–H groups in total. The third kappa shape index (κ3) is 5.75. The Labute approximate surface area is 237 Å². The van der Waals surface area contributed by atoms with Gasteiger partial charge in [0.1, 0.15) is 17.5 Å². The van der Waals surface area contributed by atoms with Gasteiger partial charge in [-0.3, -0.25) is 4.79 Å². The summed E-state index contributed by atoms with van der Waals surface area (Å²) in [5.41, 5.74) is 4.14. The summed E-state index contributed by atoms with van der Waals surface area (Å²) >= 11 is 0. The molecule has 3 atom stereocenters. The number of anilines is 1. The molecule has 0 unspecified atom stereocenters. The molecule has 0 saturated heterocycles. The number of nitrogens with zero attached hydrogens (tertiary/aromatic N) is 3. The lowest BCUT2D eigenvalue weighted by molar-refractivity contribution is -0.120. The predicted octanol–water partition coefficient (Wildman–Crippen LogP) is 5.37. The van der Waals surface area contributed by atoms with Crippen molar-refractivity contribution in [2.24, 2.45) is 5.92 Å². The van der Waals surface area contributed by atoms with Crippen LogP contribution in [0, 0.1) is 24.5 Å². The monoisotopic (exact) mass is 574 g/mol. The molecular formula is C31H28F2N4O3S. The van der Waals surface area contributed by atoms with Crippen LogP contribution in [0.5, 0.6) is 0 Å². The first-order valence-electron chi connectivity index (χ1n) is 13.4. The fraction of sp³-hybridized carbons (Fsp3) is 0.258. The Hall–Kier alpha value is -4.02. The molecule has 10 heteroatoms. The summed E-state index contributed by atoms with van der Waals surface area (Å²) in [5, 5.41) is 0. The zero-order chi connectivity index (χ0) is 28.7. The molecule has 41 heavy (non-hydrogen) atoms. The number of fused-ring (bicyclic) bond motifs is 1. The van der Waals surface area contributed by atoms with Crippen LogP contribution < -0.4 is 9.62 Å². The number of amides is 1. The second-order valence-corrected chi connectivity index (χ2v) is 12.3. The normalized spacial score (nSPS) is 19.5. The van der Waals surface area contributed by atoms with E-state index in [0.717, 1.165) is 34.4 Å². The largest absolute Gasteiger partial charge is 0.308 e. The molecule has 6 rings (SSSR count). The standard InChI is InChI=1S/C31H28F2N4O3S/c1-19-34-16-20(17-35-19)18-37(31(38)29-15-27(29)21-2-6-23(32)7-3-21)25-10-4-22-5-13-30(28(22)14-25)36-41(39,40)26-11-8-24(33)9-12-26/h2-4,6-12,14,16-17,27,29-30,36H,5,13,15,18H2,1H3/t27-,29-,30+/m1/s1. The van der Waals surface area contributed by atoms with Crippen molar-refractivity contribution < 1.29 is 22.0 Å². The molecule has 1 saturated carbocycles. The van der Waals surface area contributed by atoms with Crippen molar-refractivity contribution in [2.75, 3.05) is 4.90 Å². The molecule has 210 valence electrons. The summed E-state index contributed by atoms with van der Waals surface area (Å²) in [7, 11) is -3.89. The van der Waals surface area contributed by atoms with Crippen molar-refractivity contribution in [1.82, 2.24) is 14.7 Å². The number of halogens is 2. The van der Waals surface area contributed by atoms with Crippen LogP contribution in [0.25, 0.3) is 0 Å². The van der Waals surface area contributed by atoms with E-state index in [0.29, 0.717) is 30.8 Å². The number of aromatic nitrogens is 2. The van der Waals surface area contributed by atoms with E-state index in [-0.39, 0.29) is 35.0 Å². The molecule has 4 aromatic rings. The smallest absolute Gasteiger partial charge is 0.241 e. The lowest BCUT2D eigenvalue weighted by Crippen LogP contribution is -2.32. The second-order valence-electron chi connectivity index (χ2n) is 10.6. The van der Waals surface area contributed by atoms with Crippen molar-refractivity contribution in [3.8, 4) is 0 Å². The molecule has 1 amide bonds. The van der Waals surface area contributed by atoms with Crippen LogP contribution in [-0.4, -0.2) is 24.3 Å². The van der Waals surface area contributed by atoms with Gasteiger partial charge in [0.15, 0.2) is 0 Å². The molecule has 0 radical (unpaired) electrons. The molecule has 7 nitrogen and oxygen atoms in total. The van der Waals surface area contributed by atoms with Crippen LogP contribution in [-0.2, 0) is 27.8 Å². The van der Waals surface area contributed by atoms with Gasteiger partial charge in [-0.1, -0.05) is 18.2 Å². The predicted molar refractivity (Wildman–Crippen MR) is 149 cm³/mol. The highest BCUT2D eigenvalue weighted by molar-refractivity contribution is 7.89. The van der Waals surface area contributed by atoms with E-state index in [2.05, 4.69) is 14.7 Å². The summed E-state index contributed by atoms with van der Waals surface area (Å²) in [5.74, 6) is -0.528. The van der Waals surface area contributed by atoms with Gasteiger partial charge in [0, 0.05) is 35.6 Å². The lowest BCUT2D eigenvalue weighted by Gasteiger charge is -2.25. The first-order valence-corrected chi connectivity index (χ1v) is 14.9. The quantitative estimate of drug-likeness (QED) is 0.306. The maximum Gasteiger partial charge on any atom is 0.241 e. The van der Waals surface area contributed by atoms with Gasteiger partial charge in [-0.2, -0.15) is 0 Å². The Balaban J connectivity index is 1.29. The van der Waals surface area contributed by atoms with Gasteiger partial charge in [0.25, 0.3) is 0 Å². The number of sulfonamides is 1. The maximum absolute atomic E-state index is 13.9. The average molecular weight is 575 g/mol. The number of nitrogens with one attached hydrogen (secondary N) is 1. The second kappa shape index (κ2) is 10.8. The fourth-order valence-corrected chi connectivity index (χ4v) is 6.73. The van der Waals surface area contributed by atoms with Gasteiger partial charge in [0.05, 0.1) is 11.4 Å². The molecular weight excluding hydrogens is 546 g/mol. The van der Waals surface area contributed by atoms with Crippen LogP contribution in [0.4, 0.5) is 14.5 Å². The van der Waals surface area contributed by atoms with Gasteiger partial charge in [0.2, 0.25) is 15.9 Å². The summed E-state index contributed by atoms with van der Waals surface area (Å²) in [6.07, 6.45) is 5.30. The zero-order valence-electron chi connectivity index (χ0n) is 22.3. The van der Waals surface area contributed by atoms with Crippen LogP contribution in [0.2, 0.25) is 0 Å². The Kier molecular flexibility index (Phi) is 7.13. The number of carbonyl (C=O) groups excluding carboxylic acids is 1. The summed E-state index contributed by atoms with van der Waals surface area (Å²) in [4.78, 5) is 24.2. The zero-order valence-corrected chi connectivity index (χ0v) is 23.1. The molecule has 0 bridgehead atoms. The Morgan fingerprint density at radius 2 is 1.63 bits per heavy atom. The number of hydrogen-bond donors (Lipinski definition) is 1. The number of rotatable bonds is 8. The topological polar surface area (TPSA) is 92.3 Å². The number of benzene rings is 3. The van der Waals surface area contributed by atoms with Gasteiger partial charge in [-0.15, -0.1) is 0 Å². The minimum Gasteiger partial charge on any atom is -0.308 e. The summed E-state index contributed by atoms with van der Waals surface area (Å²) in [6.45, 7) is 2.04. The van der Waals surface area contributed by atoms with E-state index in [1.807, 2.05) is 18.2 Å². The van der Waals surface area contributed by atoms with E-state index in [4.69, 9.17) is 0 Å². The van der Waals surface area contributed by atoms with Crippen molar-refractivity contribution >= 4 is 21.6 Å². The van der Waals surface area contributed by atoms with Crippen molar-refractivity contribution in [3.63, 3.8) is 0 Å². The molecule has 0 aliphatic heterocycles. The third-order valence-corrected chi connectivity index (χ3v) is 9.27. The minimum atomic E-state index is -3.89. The van der Waals surface area contributed by atoms with Gasteiger partial charge in [-0.05, 0) is 97.3 Å². The van der Waals surface area contributed by atoms with E-state index >= 15 is 0 Å². The van der Waals surface area contributed by atoms with E-state index in [1.54, 1.807) is 36.4 Å². The summed E-state index contributed by atoms with van der Waals surface area (Å²) < 4.78 is 55.7. The van der Waals surface area contributed by atoms with Crippen LogP contribution >= 0.6 is 0 Å². The SMILES string of the molecule is Cc1ncc(CN(C(=O)[C@@H]2C[C@@H]2c2ccc(F)cc2)c2ccc3c(c2)[C@@H](NS(=O)(=O)c2ccc(F)cc2)CC3)cn1. The summed E-state index contributed by atoms with van der Waals surface area (Å²) in [6, 6.07) is 16.2. The highest BCUT2D eigenvalue weighted by Gasteiger charge is 2.46. The molecule has 0 spiro atoms. The molecule has 1 aromatic heterocycles. The van der Waals surface area contributed by atoms with Crippen LogP contribution in [0.3, 0.4) is 0 Å². The van der Waals surface area contributed by atoms with E-state index < -0.39 is 21.9 Å². The number of hydrogen-bond acceptors (Lipinski definition) is 5. The maximum atomic E-state index is 13.9. The molecule has 2 aliphatic carbocycles. The average Bonchev–Trinajstić information content (AvgIpc) is 3.67. The van der Waals surface area contributed by atoms with Crippen molar-refractivity contribution in [2.45, 2.75) is 49.6 Å². The first kappa shape index (κ1) is 27.2. The Morgan fingerprint density at radius 1 is 0.976 bits per heavy atom. The fourth-order valence-electron chi connectivity index (χ4n) is 5.48. The minimum absolute atomic E-state index is 0.00422. The van der Waals surface area contributed by atoms with Crippen LogP contribution in [0.1, 0.15) is 52.9 Å².